The number of nitrogens with one attached hydrogen (secondary N) is 3. The summed E-state index contributed by atoms with van der Waals surface area (Å²) >= 11 is 0. The van der Waals surface area contributed by atoms with Crippen LogP contribution in [0, 0.1) is 46.8 Å². The van der Waals surface area contributed by atoms with E-state index in [1.54, 1.807) is 19.9 Å². The van der Waals surface area contributed by atoms with Crippen molar-refractivity contribution in [2.45, 2.75) is 269 Å². The number of halogens is 5. The quantitative estimate of drug-likeness (QED) is 0.110. The molecule has 0 aromatic rings. The molecule has 25 nitrogen and oxygen atoms in total. The summed E-state index contributed by atoms with van der Waals surface area (Å²) in [7, 11) is 9.92. The highest BCUT2D eigenvalue weighted by Crippen LogP contribution is 2.50. The molecule has 3 heterocycles. The van der Waals surface area contributed by atoms with Crippen LogP contribution in [0.3, 0.4) is 0 Å². The second-order valence-corrected chi connectivity index (χ2v) is 34.0. The summed E-state index contributed by atoms with van der Waals surface area (Å²) in [5, 5.41) is 8.69. The van der Waals surface area contributed by atoms with E-state index < -0.39 is 217 Å². The highest BCUT2D eigenvalue weighted by Gasteiger charge is 2.60. The van der Waals surface area contributed by atoms with Crippen LogP contribution >= 0.6 is 0 Å². The van der Waals surface area contributed by atoms with Crippen LogP contribution in [-0.2, 0) is 62.3 Å². The summed E-state index contributed by atoms with van der Waals surface area (Å²) in [6.45, 7) is 17.1. The first kappa shape index (κ1) is 88.9. The molecular formula is C79H125F5N12O13. The van der Waals surface area contributed by atoms with Crippen molar-refractivity contribution in [3.63, 3.8) is 0 Å². The first-order chi connectivity index (χ1) is 51.1. The van der Waals surface area contributed by atoms with Gasteiger partial charge in [-0.3, -0.25) is 57.5 Å². The minimum Gasteiger partial charge on any atom is -0.377 e. The zero-order chi connectivity index (χ0) is 81.1. The number of hydrogen-bond acceptors (Lipinski definition) is 13. The van der Waals surface area contributed by atoms with Gasteiger partial charge in [0.2, 0.25) is 70.9 Å². The molecule has 0 aromatic carbocycles. The molecule has 2 bridgehead atoms. The van der Waals surface area contributed by atoms with Crippen molar-refractivity contribution < 1.29 is 84.2 Å². The molecule has 3 aliphatic heterocycles. The lowest BCUT2D eigenvalue weighted by molar-refractivity contribution is -0.219. The average molecular weight is 1550 g/mol. The van der Waals surface area contributed by atoms with Crippen molar-refractivity contribution in [3.8, 4) is 0 Å². The molecule has 0 radical (unpaired) electrons. The predicted octanol–water partition coefficient (Wildman–Crippen LogP) is 7.00. The van der Waals surface area contributed by atoms with Gasteiger partial charge in [0.25, 0.3) is 0 Å². The number of likely N-dealkylation sites (N-methyl/N-ethyl adjacent to an activating group) is 6. The fourth-order valence-corrected chi connectivity index (χ4v) is 18.0. The molecule has 7 aliphatic rings. The Balaban J connectivity index is 1.35. The van der Waals surface area contributed by atoms with Crippen LogP contribution in [0.1, 0.15) is 190 Å². The zero-order valence-corrected chi connectivity index (χ0v) is 67.1. The Morgan fingerprint density at radius 3 is 1.92 bits per heavy atom. The molecule has 3 N–H and O–H groups in total. The van der Waals surface area contributed by atoms with E-state index in [4.69, 9.17) is 4.74 Å². The van der Waals surface area contributed by atoms with E-state index in [0.29, 0.717) is 44.4 Å². The van der Waals surface area contributed by atoms with Crippen LogP contribution < -0.4 is 16.0 Å². The number of rotatable bonds is 15. The maximum absolute atomic E-state index is 15.8. The summed E-state index contributed by atoms with van der Waals surface area (Å²) in [6.07, 6.45) is -2.60. The first-order valence-corrected chi connectivity index (χ1v) is 39.7. The van der Waals surface area contributed by atoms with Crippen molar-refractivity contribution in [1.82, 2.24) is 60.0 Å². The topological polar surface area (TPSA) is 279 Å². The molecule has 2 saturated heterocycles. The average Bonchev–Trinajstić information content (AvgIpc) is 1.40. The van der Waals surface area contributed by atoms with Gasteiger partial charge in [0.15, 0.2) is 0 Å². The number of ether oxygens (including phenoxy) is 1. The summed E-state index contributed by atoms with van der Waals surface area (Å²) in [5.74, 6) is -13.5. The van der Waals surface area contributed by atoms with Gasteiger partial charge in [-0.25, -0.2) is 8.78 Å². The SMILES string of the molecule is C=CCN1CC(=O)N(C)[C@H]2C/C=C\CCN(C2=O)[C@@H](CC2CCC(C)CC2)C(=O)N(C)CC(=O)N[C@@H](CCC2CC(F)C(C(F)(F)F)C(F)C2)C(=O)N2C[C@H](OCC)C[C@H]2C(=O)NC2(CC(C)(C)C2)C(=O)N(C)[C@@H](C2CCCC2)C(=O)N(C)[C@H](C(=O)N(C)C)CC(=O)N(C)[C@@H](CC(C)C)C(=O)N[C@@H]([C@@H](C)CC)C1=O. The molecule has 4 saturated carbocycles. The third-order valence-electron chi connectivity index (χ3n) is 24.3. The van der Waals surface area contributed by atoms with Crippen LogP contribution in [0.4, 0.5) is 22.0 Å². The van der Waals surface area contributed by atoms with Crippen LogP contribution in [0.15, 0.2) is 24.8 Å². The number of carbonyl (C=O) groups excluding carboxylic acids is 12. The third kappa shape index (κ3) is 21.9. The lowest BCUT2D eigenvalue weighted by atomic mass is 9.58. The van der Waals surface area contributed by atoms with Gasteiger partial charge in [-0.2, -0.15) is 13.2 Å². The maximum atomic E-state index is 15.8. The van der Waals surface area contributed by atoms with Crippen LogP contribution in [0.25, 0.3) is 0 Å². The maximum Gasteiger partial charge on any atom is 0.397 e. The molecule has 109 heavy (non-hydrogen) atoms. The fourth-order valence-electron chi connectivity index (χ4n) is 18.0. The highest BCUT2D eigenvalue weighted by atomic mass is 19.4. The van der Waals surface area contributed by atoms with E-state index in [0.717, 1.165) is 35.5 Å². The first-order valence-electron chi connectivity index (χ1n) is 39.7. The molecule has 12 atom stereocenters. The van der Waals surface area contributed by atoms with Gasteiger partial charge in [0.05, 0.1) is 19.1 Å². The zero-order valence-electron chi connectivity index (χ0n) is 67.1. The van der Waals surface area contributed by atoms with E-state index in [1.165, 1.54) is 89.7 Å². The lowest BCUT2D eigenvalue weighted by Gasteiger charge is -2.54. The van der Waals surface area contributed by atoms with Crippen molar-refractivity contribution in [1.29, 1.82) is 0 Å². The van der Waals surface area contributed by atoms with Gasteiger partial charge in [0, 0.05) is 82.0 Å². The van der Waals surface area contributed by atoms with Gasteiger partial charge in [0.1, 0.15) is 78.7 Å². The van der Waals surface area contributed by atoms with E-state index in [2.05, 4.69) is 29.5 Å². The second-order valence-electron chi connectivity index (χ2n) is 34.0. The normalized spacial score (nSPS) is 32.1. The fraction of sp³-hybridized carbons (Fsp3) is 0.797. The summed E-state index contributed by atoms with van der Waals surface area (Å²) in [6, 6.07) is -10.8. The van der Waals surface area contributed by atoms with E-state index in [-0.39, 0.29) is 83.0 Å². The number of amides is 12. The second kappa shape index (κ2) is 38.3. The van der Waals surface area contributed by atoms with Crippen LogP contribution in [0.2, 0.25) is 0 Å². The summed E-state index contributed by atoms with van der Waals surface area (Å²) < 4.78 is 79.2. The summed E-state index contributed by atoms with van der Waals surface area (Å²) in [4.78, 5) is 194. The monoisotopic (exact) mass is 1540 g/mol. The van der Waals surface area contributed by atoms with Crippen LogP contribution in [0.5, 0.6) is 0 Å². The number of carbonyl (C=O) groups is 12. The Kier molecular flexibility index (Phi) is 31.3. The molecule has 4 aliphatic carbocycles. The van der Waals surface area contributed by atoms with Crippen molar-refractivity contribution in [3.05, 3.63) is 24.8 Å². The van der Waals surface area contributed by atoms with Gasteiger partial charge >= 0.3 is 6.18 Å². The minimum absolute atomic E-state index is 0.00371. The van der Waals surface area contributed by atoms with Crippen molar-refractivity contribution in [2.75, 3.05) is 88.7 Å². The Morgan fingerprint density at radius 2 is 1.35 bits per heavy atom. The van der Waals surface area contributed by atoms with Gasteiger partial charge in [-0.05, 0) is 125 Å². The Labute approximate surface area is 641 Å². The molecule has 1 spiro atoms. The predicted molar refractivity (Wildman–Crippen MR) is 399 cm³/mol. The number of nitrogens with zero attached hydrogens (tertiary/aromatic N) is 9. The molecule has 30 heteroatoms. The van der Waals surface area contributed by atoms with Gasteiger partial charge in [-0.1, -0.05) is 112 Å². The Hall–Kier alpha value is -7.27. The molecule has 6 fully saturated rings. The summed E-state index contributed by atoms with van der Waals surface area (Å²) in [5.41, 5.74) is -2.29. The standard InChI is InChI=1S/C79H125F5N12O13/c1-17-34-94-44-64(99)90(13)57-27-21-20-24-35-95(73(57)105)61(39-50-30-28-48(6)29-31-50)72(104)89(12)43-62(97)85-56(33-32-51-37-54(80)65(55(81)38-51)79(82,83)84)70(102)96-42-53(109-19-3)40-59(96)69(101)87-78(45-77(8,9)46-78)76(108)93(16)67(52-25-22-23-26-52)75(107)92(15)60(71(103)88(10)11)41-63(98)91(14)58(36-47(4)5)68(100)86-66(74(94)106)49(7)18-2/h17,20-21,47-61,65-67H,1,18-19,22-46H2,2-16H3,(H,85,97)(H,86,100)(H,87,101)/b21-20-/t48?,49-,50?,51?,53+,54?,55?,56-,57-,58-,59-,60-,61-,65?,66-,67-/m0/s1. The largest absolute Gasteiger partial charge is 0.397 e. The molecule has 7 rings (SSSR count). The van der Waals surface area contributed by atoms with E-state index in [1.807, 2.05) is 40.7 Å². The Bertz CT molecular complexity index is 3270. The number of hydrogen-bond donors (Lipinski definition) is 3. The number of alkyl halides is 5. The lowest BCUT2D eigenvalue weighted by Crippen LogP contribution is -2.71. The highest BCUT2D eigenvalue weighted by molar-refractivity contribution is 6.01. The van der Waals surface area contributed by atoms with Gasteiger partial charge < -0.3 is 64.8 Å². The third-order valence-corrected chi connectivity index (χ3v) is 24.3. The molecule has 12 amide bonds. The molecule has 2 unspecified atom stereocenters. The van der Waals surface area contributed by atoms with Crippen molar-refractivity contribution >= 4 is 70.9 Å². The van der Waals surface area contributed by atoms with Crippen LogP contribution in [-0.4, -0.2) is 282 Å². The van der Waals surface area contributed by atoms with E-state index in [9.17, 15) is 27.6 Å². The minimum atomic E-state index is -5.18. The molecular weight excluding hydrogens is 1420 g/mol. The molecule has 0 aromatic heterocycles. The van der Waals surface area contributed by atoms with E-state index >= 15 is 51.9 Å². The van der Waals surface area contributed by atoms with Crippen molar-refractivity contribution in [2.24, 2.45) is 46.8 Å². The smallest absolute Gasteiger partial charge is 0.377 e. The Morgan fingerprint density at radius 1 is 0.716 bits per heavy atom. The van der Waals surface area contributed by atoms with Gasteiger partial charge in [-0.15, -0.1) is 6.58 Å². The number of fused-ring (bicyclic) bond motifs is 3. The molecule has 614 valence electrons.